The second kappa shape index (κ2) is 9.45. The number of rotatable bonds is 9. The highest BCUT2D eigenvalue weighted by Crippen LogP contribution is 2.25. The van der Waals surface area contributed by atoms with Crippen LogP contribution in [0.5, 0.6) is 0 Å². The van der Waals surface area contributed by atoms with Gasteiger partial charge in [-0.25, -0.2) is 0 Å². The van der Waals surface area contributed by atoms with Crippen molar-refractivity contribution in [3.63, 3.8) is 0 Å². The van der Waals surface area contributed by atoms with E-state index in [2.05, 4.69) is 57.0 Å². The molecular formula is C18H31ClN2. The molecule has 1 unspecified atom stereocenters. The van der Waals surface area contributed by atoms with Gasteiger partial charge < -0.3 is 10.2 Å². The maximum atomic E-state index is 6.36. The number of nitrogens with one attached hydrogen (secondary N) is 1. The Morgan fingerprint density at radius 1 is 1.14 bits per heavy atom. The van der Waals surface area contributed by atoms with Gasteiger partial charge in [-0.1, -0.05) is 50.6 Å². The summed E-state index contributed by atoms with van der Waals surface area (Å²) in [6.45, 7) is 14.5. The largest absolute Gasteiger partial charge is 0.310 e. The highest BCUT2D eigenvalue weighted by molar-refractivity contribution is 6.31. The van der Waals surface area contributed by atoms with E-state index in [1.807, 2.05) is 12.1 Å². The summed E-state index contributed by atoms with van der Waals surface area (Å²) in [5, 5.41) is 4.44. The summed E-state index contributed by atoms with van der Waals surface area (Å²) in [5.41, 5.74) is 1.22. The fourth-order valence-electron chi connectivity index (χ4n) is 2.70. The van der Waals surface area contributed by atoms with Crippen LogP contribution in [-0.4, -0.2) is 30.6 Å². The number of hydrogen-bond donors (Lipinski definition) is 1. The van der Waals surface area contributed by atoms with Gasteiger partial charge in [-0.3, -0.25) is 0 Å². The first kappa shape index (κ1) is 18.5. The Bertz CT molecular complexity index is 404. The third-order valence-corrected chi connectivity index (χ3v) is 4.11. The third kappa shape index (κ3) is 6.37. The minimum Gasteiger partial charge on any atom is -0.310 e. The molecule has 3 heteroatoms. The van der Waals surface area contributed by atoms with Crippen LogP contribution in [0.3, 0.4) is 0 Å². The van der Waals surface area contributed by atoms with E-state index in [9.17, 15) is 0 Å². The minimum absolute atomic E-state index is 0.331. The molecule has 21 heavy (non-hydrogen) atoms. The molecule has 0 aliphatic rings. The molecule has 2 nitrogen and oxygen atoms in total. The summed E-state index contributed by atoms with van der Waals surface area (Å²) < 4.78 is 0. The van der Waals surface area contributed by atoms with Gasteiger partial charge >= 0.3 is 0 Å². The summed E-state index contributed by atoms with van der Waals surface area (Å²) in [7, 11) is 0. The van der Waals surface area contributed by atoms with Crippen LogP contribution >= 0.6 is 11.6 Å². The molecule has 0 aromatic heterocycles. The van der Waals surface area contributed by atoms with E-state index in [0.717, 1.165) is 31.1 Å². The van der Waals surface area contributed by atoms with Crippen LogP contribution in [-0.2, 0) is 0 Å². The van der Waals surface area contributed by atoms with Crippen LogP contribution in [0.4, 0.5) is 0 Å². The van der Waals surface area contributed by atoms with Gasteiger partial charge in [0.25, 0.3) is 0 Å². The zero-order valence-electron chi connectivity index (χ0n) is 14.2. The van der Waals surface area contributed by atoms with Crippen LogP contribution < -0.4 is 5.32 Å². The van der Waals surface area contributed by atoms with E-state index >= 15 is 0 Å². The normalized spacial score (nSPS) is 13.4. The van der Waals surface area contributed by atoms with Crippen molar-refractivity contribution in [1.29, 1.82) is 0 Å². The first-order valence-electron chi connectivity index (χ1n) is 8.17. The standard InChI is InChI=1S/C18H31ClN2/c1-6-20-18(16-9-7-8-10-17(16)19)11-12-21(15(4)5)13-14(2)3/h7-10,14-15,18,20H,6,11-13H2,1-5H3. The molecule has 1 aromatic rings. The van der Waals surface area contributed by atoms with E-state index in [0.29, 0.717) is 18.0 Å². The zero-order chi connectivity index (χ0) is 15.8. The molecule has 0 heterocycles. The van der Waals surface area contributed by atoms with Crippen molar-refractivity contribution in [2.75, 3.05) is 19.6 Å². The number of benzene rings is 1. The molecule has 1 N–H and O–H groups in total. The maximum Gasteiger partial charge on any atom is 0.0453 e. The first-order chi connectivity index (χ1) is 9.95. The second-order valence-corrected chi connectivity index (χ2v) is 6.81. The van der Waals surface area contributed by atoms with Crippen LogP contribution in [0.1, 0.15) is 52.6 Å². The summed E-state index contributed by atoms with van der Waals surface area (Å²) in [6.07, 6.45) is 1.09. The zero-order valence-corrected chi connectivity index (χ0v) is 15.0. The Morgan fingerprint density at radius 2 is 1.81 bits per heavy atom. The third-order valence-electron chi connectivity index (χ3n) is 3.77. The van der Waals surface area contributed by atoms with Gasteiger partial charge in [-0.2, -0.15) is 0 Å². The van der Waals surface area contributed by atoms with Gasteiger partial charge in [0.15, 0.2) is 0 Å². The first-order valence-corrected chi connectivity index (χ1v) is 8.55. The molecule has 0 spiro atoms. The molecule has 0 amide bonds. The van der Waals surface area contributed by atoms with Crippen LogP contribution in [0, 0.1) is 5.92 Å². The molecule has 0 aliphatic carbocycles. The van der Waals surface area contributed by atoms with Crippen molar-refractivity contribution in [3.8, 4) is 0 Å². The summed E-state index contributed by atoms with van der Waals surface area (Å²) in [4.78, 5) is 2.56. The highest BCUT2D eigenvalue weighted by atomic mass is 35.5. The quantitative estimate of drug-likeness (QED) is 0.708. The molecule has 0 saturated carbocycles. The summed E-state index contributed by atoms with van der Waals surface area (Å²) in [6, 6.07) is 9.10. The molecule has 0 bridgehead atoms. The van der Waals surface area contributed by atoms with E-state index in [4.69, 9.17) is 11.6 Å². The van der Waals surface area contributed by atoms with Crippen molar-refractivity contribution in [2.24, 2.45) is 5.92 Å². The Labute approximate surface area is 135 Å². The summed E-state index contributed by atoms with van der Waals surface area (Å²) >= 11 is 6.36. The summed E-state index contributed by atoms with van der Waals surface area (Å²) in [5.74, 6) is 0.699. The van der Waals surface area contributed by atoms with E-state index in [-0.39, 0.29) is 0 Å². The van der Waals surface area contributed by atoms with Crippen LogP contribution in [0.25, 0.3) is 0 Å². The van der Waals surface area contributed by atoms with Crippen molar-refractivity contribution in [1.82, 2.24) is 10.2 Å². The predicted molar refractivity (Wildman–Crippen MR) is 94.0 cm³/mol. The van der Waals surface area contributed by atoms with Crippen molar-refractivity contribution in [3.05, 3.63) is 34.9 Å². The lowest BCUT2D eigenvalue weighted by molar-refractivity contribution is 0.188. The molecule has 1 aromatic carbocycles. The predicted octanol–water partition coefficient (Wildman–Crippen LogP) is 4.75. The molecular weight excluding hydrogens is 280 g/mol. The van der Waals surface area contributed by atoms with E-state index in [1.54, 1.807) is 0 Å². The Morgan fingerprint density at radius 3 is 2.33 bits per heavy atom. The fraction of sp³-hybridized carbons (Fsp3) is 0.667. The molecule has 1 atom stereocenters. The van der Waals surface area contributed by atoms with Gasteiger partial charge in [-0.05, 0) is 44.4 Å². The maximum absolute atomic E-state index is 6.36. The lowest BCUT2D eigenvalue weighted by atomic mass is 10.0. The number of nitrogens with zero attached hydrogens (tertiary/aromatic N) is 1. The smallest absolute Gasteiger partial charge is 0.0453 e. The number of hydrogen-bond acceptors (Lipinski definition) is 2. The molecule has 0 aliphatic heterocycles. The van der Waals surface area contributed by atoms with Crippen LogP contribution in [0.15, 0.2) is 24.3 Å². The van der Waals surface area contributed by atoms with Crippen molar-refractivity contribution in [2.45, 2.75) is 53.1 Å². The monoisotopic (exact) mass is 310 g/mol. The van der Waals surface area contributed by atoms with Gasteiger partial charge in [0, 0.05) is 30.2 Å². The van der Waals surface area contributed by atoms with Crippen molar-refractivity contribution >= 4 is 11.6 Å². The van der Waals surface area contributed by atoms with Gasteiger partial charge in [-0.15, -0.1) is 0 Å². The van der Waals surface area contributed by atoms with Gasteiger partial charge in [0.05, 0.1) is 0 Å². The Kier molecular flexibility index (Phi) is 8.31. The minimum atomic E-state index is 0.331. The molecule has 0 radical (unpaired) electrons. The average molecular weight is 311 g/mol. The van der Waals surface area contributed by atoms with Gasteiger partial charge in [0.1, 0.15) is 0 Å². The molecule has 0 fully saturated rings. The Balaban J connectivity index is 2.72. The number of halogens is 1. The van der Waals surface area contributed by atoms with Crippen LogP contribution in [0.2, 0.25) is 5.02 Å². The lowest BCUT2D eigenvalue weighted by Gasteiger charge is -2.30. The van der Waals surface area contributed by atoms with E-state index < -0.39 is 0 Å². The topological polar surface area (TPSA) is 15.3 Å². The van der Waals surface area contributed by atoms with Crippen molar-refractivity contribution < 1.29 is 0 Å². The fourth-order valence-corrected chi connectivity index (χ4v) is 2.96. The Hall–Kier alpha value is -0.570. The van der Waals surface area contributed by atoms with E-state index in [1.165, 1.54) is 5.56 Å². The molecule has 1 rings (SSSR count). The second-order valence-electron chi connectivity index (χ2n) is 6.40. The molecule has 0 saturated heterocycles. The highest BCUT2D eigenvalue weighted by Gasteiger charge is 2.17. The average Bonchev–Trinajstić information content (AvgIpc) is 2.42. The SMILES string of the molecule is CCNC(CCN(CC(C)C)C(C)C)c1ccccc1Cl. The lowest BCUT2D eigenvalue weighted by Crippen LogP contribution is -2.37. The molecule has 120 valence electrons. The van der Waals surface area contributed by atoms with Gasteiger partial charge in [0.2, 0.25) is 0 Å².